The van der Waals surface area contributed by atoms with E-state index in [2.05, 4.69) is 5.32 Å². The highest BCUT2D eigenvalue weighted by Crippen LogP contribution is 2.42. The zero-order chi connectivity index (χ0) is 23.2. The van der Waals surface area contributed by atoms with Gasteiger partial charge in [-0.05, 0) is 53.1 Å². The molecule has 0 atom stereocenters. The summed E-state index contributed by atoms with van der Waals surface area (Å²) in [5.41, 5.74) is 5.68. The second-order valence-electron chi connectivity index (χ2n) is 7.53. The highest BCUT2D eigenvalue weighted by Gasteiger charge is 2.16. The van der Waals surface area contributed by atoms with Crippen molar-refractivity contribution in [3.63, 3.8) is 0 Å². The maximum atomic E-state index is 9.63. The van der Waals surface area contributed by atoms with Crippen molar-refractivity contribution >= 4 is 5.69 Å². The van der Waals surface area contributed by atoms with E-state index in [1.165, 1.54) is 0 Å². The molecule has 4 aromatic rings. The molecule has 0 aliphatic heterocycles. The summed E-state index contributed by atoms with van der Waals surface area (Å²) < 4.78 is 17.5. The van der Waals surface area contributed by atoms with Gasteiger partial charge < -0.3 is 24.6 Å². The zero-order valence-corrected chi connectivity index (χ0v) is 19.0. The quantitative estimate of drug-likeness (QED) is 0.333. The molecular weight excluding hydrogens is 414 g/mol. The number of phenolic OH excluding ortho intramolecular Hbond substituents is 1. The first-order valence-electron chi connectivity index (χ1n) is 10.7. The number of hydrogen-bond donors (Lipinski definition) is 2. The number of nitrogens with one attached hydrogen (secondary N) is 1. The summed E-state index contributed by atoms with van der Waals surface area (Å²) in [5, 5.41) is 12.9. The molecule has 5 nitrogen and oxygen atoms in total. The first-order valence-corrected chi connectivity index (χ1v) is 10.7. The maximum absolute atomic E-state index is 9.63. The molecule has 0 saturated heterocycles. The zero-order valence-electron chi connectivity index (χ0n) is 19.0. The molecular formula is C28H27NO4. The minimum Gasteiger partial charge on any atom is -0.508 e. The third kappa shape index (κ3) is 4.88. The van der Waals surface area contributed by atoms with E-state index in [1.807, 2.05) is 79.8 Å². The average Bonchev–Trinajstić information content (AvgIpc) is 2.87. The summed E-state index contributed by atoms with van der Waals surface area (Å²) in [6, 6.07) is 27.0. The van der Waals surface area contributed by atoms with E-state index in [9.17, 15) is 5.11 Å². The molecule has 168 valence electrons. The van der Waals surface area contributed by atoms with E-state index in [4.69, 9.17) is 14.2 Å². The number of ether oxygens (including phenoxy) is 3. The fourth-order valence-corrected chi connectivity index (χ4v) is 3.74. The lowest BCUT2D eigenvalue weighted by molar-refractivity contribution is 0.308. The minimum atomic E-state index is 0.218. The normalized spacial score (nSPS) is 10.5. The van der Waals surface area contributed by atoms with Crippen LogP contribution < -0.4 is 19.5 Å². The predicted molar refractivity (Wildman–Crippen MR) is 132 cm³/mol. The number of benzene rings is 4. The summed E-state index contributed by atoms with van der Waals surface area (Å²) >= 11 is 0. The summed E-state index contributed by atoms with van der Waals surface area (Å²) in [4.78, 5) is 0. The molecule has 0 aromatic heterocycles. The fourth-order valence-electron chi connectivity index (χ4n) is 3.74. The molecule has 0 heterocycles. The Morgan fingerprint density at radius 1 is 0.697 bits per heavy atom. The summed E-state index contributed by atoms with van der Waals surface area (Å²) in [7, 11) is 5.18. The van der Waals surface area contributed by atoms with E-state index in [0.717, 1.165) is 45.0 Å². The second-order valence-corrected chi connectivity index (χ2v) is 7.53. The number of aromatic hydroxyl groups is 1. The van der Waals surface area contributed by atoms with Crippen LogP contribution >= 0.6 is 0 Å². The number of hydrogen-bond acceptors (Lipinski definition) is 5. The van der Waals surface area contributed by atoms with Crippen molar-refractivity contribution in [2.45, 2.75) is 6.61 Å². The molecule has 0 spiro atoms. The van der Waals surface area contributed by atoms with E-state index >= 15 is 0 Å². The molecule has 2 N–H and O–H groups in total. The van der Waals surface area contributed by atoms with Gasteiger partial charge in [0.15, 0.2) is 0 Å². The van der Waals surface area contributed by atoms with Crippen LogP contribution in [-0.2, 0) is 6.61 Å². The fraction of sp³-hybridized carbons (Fsp3) is 0.143. The maximum Gasteiger partial charge on any atom is 0.142 e. The van der Waals surface area contributed by atoms with E-state index in [1.54, 1.807) is 26.4 Å². The van der Waals surface area contributed by atoms with Crippen molar-refractivity contribution < 1.29 is 19.3 Å². The van der Waals surface area contributed by atoms with Crippen LogP contribution in [0.2, 0.25) is 0 Å². The second kappa shape index (κ2) is 10.0. The summed E-state index contributed by atoms with van der Waals surface area (Å²) in [6.45, 7) is 0.493. The van der Waals surface area contributed by atoms with Gasteiger partial charge in [0.2, 0.25) is 0 Å². The Labute approximate surface area is 194 Å². The standard InChI is InChI=1S/C28H27NO4/c1-29-25-15-21(11-14-26(25)33-18-19-7-5-4-6-8-19)24-17-27(31-2)23(16-28(24)32-3)20-9-12-22(30)13-10-20/h4-17,29-30H,18H2,1-3H3. The third-order valence-electron chi connectivity index (χ3n) is 5.50. The SMILES string of the molecule is CNc1cc(-c2cc(OC)c(-c3ccc(O)cc3)cc2OC)ccc1OCc1ccccc1. The Morgan fingerprint density at radius 2 is 1.30 bits per heavy atom. The number of methoxy groups -OCH3 is 2. The highest BCUT2D eigenvalue weighted by molar-refractivity contribution is 5.83. The van der Waals surface area contributed by atoms with Gasteiger partial charge in [-0.1, -0.05) is 48.5 Å². The van der Waals surface area contributed by atoms with Crippen molar-refractivity contribution in [3.8, 4) is 45.3 Å². The molecule has 0 aliphatic rings. The molecule has 0 fully saturated rings. The van der Waals surface area contributed by atoms with Crippen molar-refractivity contribution in [1.82, 2.24) is 0 Å². The van der Waals surface area contributed by atoms with Gasteiger partial charge in [-0.3, -0.25) is 0 Å². The van der Waals surface area contributed by atoms with Crippen molar-refractivity contribution in [1.29, 1.82) is 0 Å². The third-order valence-corrected chi connectivity index (χ3v) is 5.50. The van der Waals surface area contributed by atoms with Crippen LogP contribution in [0, 0.1) is 0 Å². The first kappa shape index (κ1) is 22.1. The van der Waals surface area contributed by atoms with Crippen LogP contribution in [0.15, 0.2) is 84.9 Å². The Bertz CT molecular complexity index is 1220. The Hall–Kier alpha value is -4.12. The van der Waals surface area contributed by atoms with Crippen LogP contribution in [0.1, 0.15) is 5.56 Å². The lowest BCUT2D eigenvalue weighted by Crippen LogP contribution is -2.00. The number of phenols is 1. The summed E-state index contributed by atoms with van der Waals surface area (Å²) in [5.74, 6) is 2.43. The monoisotopic (exact) mass is 441 g/mol. The number of anilines is 1. The van der Waals surface area contributed by atoms with Gasteiger partial charge in [0.05, 0.1) is 19.9 Å². The van der Waals surface area contributed by atoms with Gasteiger partial charge in [-0.15, -0.1) is 0 Å². The largest absolute Gasteiger partial charge is 0.508 e. The molecule has 0 aliphatic carbocycles. The van der Waals surface area contributed by atoms with Crippen LogP contribution in [0.4, 0.5) is 5.69 Å². The van der Waals surface area contributed by atoms with Gasteiger partial charge in [-0.25, -0.2) is 0 Å². The molecule has 4 rings (SSSR count). The summed E-state index contributed by atoms with van der Waals surface area (Å²) in [6.07, 6.45) is 0. The van der Waals surface area contributed by atoms with E-state index in [-0.39, 0.29) is 5.75 Å². The molecule has 5 heteroatoms. The van der Waals surface area contributed by atoms with Gasteiger partial charge in [-0.2, -0.15) is 0 Å². The lowest BCUT2D eigenvalue weighted by atomic mass is 9.97. The minimum absolute atomic E-state index is 0.218. The van der Waals surface area contributed by atoms with Crippen molar-refractivity contribution in [2.24, 2.45) is 0 Å². The average molecular weight is 442 g/mol. The first-order chi connectivity index (χ1) is 16.1. The Kier molecular flexibility index (Phi) is 6.69. The molecule has 0 unspecified atom stereocenters. The molecule has 0 amide bonds. The molecule has 4 aromatic carbocycles. The molecule has 33 heavy (non-hydrogen) atoms. The molecule has 0 bridgehead atoms. The van der Waals surface area contributed by atoms with Crippen molar-refractivity contribution in [3.05, 3.63) is 90.5 Å². The van der Waals surface area contributed by atoms with Gasteiger partial charge >= 0.3 is 0 Å². The van der Waals surface area contributed by atoms with Crippen molar-refractivity contribution in [2.75, 3.05) is 26.6 Å². The van der Waals surface area contributed by atoms with E-state index < -0.39 is 0 Å². The smallest absolute Gasteiger partial charge is 0.142 e. The molecule has 0 saturated carbocycles. The van der Waals surface area contributed by atoms with Gasteiger partial charge in [0.25, 0.3) is 0 Å². The van der Waals surface area contributed by atoms with E-state index in [0.29, 0.717) is 12.4 Å². The molecule has 0 radical (unpaired) electrons. The lowest BCUT2D eigenvalue weighted by Gasteiger charge is -2.17. The highest BCUT2D eigenvalue weighted by atomic mass is 16.5. The number of rotatable bonds is 8. The van der Waals surface area contributed by atoms with Crippen LogP contribution in [0.5, 0.6) is 23.0 Å². The Balaban J connectivity index is 1.69. The predicted octanol–water partition coefficient (Wildman–Crippen LogP) is 6.36. The van der Waals surface area contributed by atoms with Gasteiger partial charge in [0, 0.05) is 18.2 Å². The topological polar surface area (TPSA) is 60.0 Å². The van der Waals surface area contributed by atoms with Crippen LogP contribution in [0.3, 0.4) is 0 Å². The van der Waals surface area contributed by atoms with Crippen LogP contribution in [-0.4, -0.2) is 26.4 Å². The van der Waals surface area contributed by atoms with Gasteiger partial charge in [0.1, 0.15) is 29.6 Å². The Morgan fingerprint density at radius 3 is 1.91 bits per heavy atom. The van der Waals surface area contributed by atoms with Crippen LogP contribution in [0.25, 0.3) is 22.3 Å².